The van der Waals surface area contributed by atoms with E-state index in [1.165, 1.54) is 0 Å². The van der Waals surface area contributed by atoms with E-state index >= 15 is 0 Å². The highest BCUT2D eigenvalue weighted by molar-refractivity contribution is 7.39. The fourth-order valence-corrected chi connectivity index (χ4v) is 2.47. The van der Waals surface area contributed by atoms with Gasteiger partial charge in [-0.3, -0.25) is 4.79 Å². The maximum absolute atomic E-state index is 11.9. The first-order chi connectivity index (χ1) is 7.06. The van der Waals surface area contributed by atoms with Crippen molar-refractivity contribution in [2.75, 3.05) is 20.3 Å². The van der Waals surface area contributed by atoms with Gasteiger partial charge in [-0.25, -0.2) is 0 Å². The summed E-state index contributed by atoms with van der Waals surface area (Å²) in [5, 5.41) is 0.0500. The van der Waals surface area contributed by atoms with Gasteiger partial charge in [0.15, 0.2) is 0 Å². The Balaban J connectivity index is 2.46. The minimum absolute atomic E-state index is 0.0500. The molecule has 1 amide bonds. The molecule has 0 saturated carbocycles. The third kappa shape index (κ3) is 1.79. The van der Waals surface area contributed by atoms with Crippen molar-refractivity contribution < 1.29 is 4.79 Å². The Morgan fingerprint density at radius 2 is 2.27 bits per heavy atom. The normalized spacial score (nSPS) is 30.6. The lowest BCUT2D eigenvalue weighted by Gasteiger charge is -2.19. The van der Waals surface area contributed by atoms with Gasteiger partial charge in [0.2, 0.25) is 0 Å². The Hall–Kier alpha value is -0.880. The Morgan fingerprint density at radius 3 is 2.93 bits per heavy atom. The summed E-state index contributed by atoms with van der Waals surface area (Å²) < 4.78 is 0. The molecule has 3 heteroatoms. The summed E-state index contributed by atoms with van der Waals surface area (Å²) in [6.07, 6.45) is 8.48. The van der Waals surface area contributed by atoms with E-state index in [9.17, 15) is 4.79 Å². The lowest BCUT2D eigenvalue weighted by Crippen LogP contribution is -2.20. The van der Waals surface area contributed by atoms with E-state index in [0.29, 0.717) is 0 Å². The summed E-state index contributed by atoms with van der Waals surface area (Å²) in [4.78, 5) is 13.7. The molecular weight excluding hydrogens is 205 g/mol. The molecule has 80 valence electrons. The predicted octanol–water partition coefficient (Wildman–Crippen LogP) is 1.95. The topological polar surface area (TPSA) is 20.3 Å². The fourth-order valence-electron chi connectivity index (χ4n) is 1.92. The summed E-state index contributed by atoms with van der Waals surface area (Å²) in [6, 6.07) is 0. The molecule has 1 saturated heterocycles. The first-order valence-electron chi connectivity index (χ1n) is 5.12. The highest BCUT2D eigenvalue weighted by Gasteiger charge is 2.31. The van der Waals surface area contributed by atoms with Crippen molar-refractivity contribution in [1.29, 1.82) is 0 Å². The fraction of sp³-hybridized carbons (Fsp3) is 0.417. The number of fused-ring (bicyclic) bond motifs is 1. The van der Waals surface area contributed by atoms with E-state index < -0.39 is 0 Å². The summed E-state index contributed by atoms with van der Waals surface area (Å²) in [5.74, 6) is 0.162. The van der Waals surface area contributed by atoms with Gasteiger partial charge in [-0.05, 0) is 19.2 Å². The van der Waals surface area contributed by atoms with E-state index in [4.69, 9.17) is 0 Å². The van der Waals surface area contributed by atoms with Crippen molar-refractivity contribution in [2.24, 2.45) is 0 Å². The van der Waals surface area contributed by atoms with Crippen LogP contribution in [-0.4, -0.2) is 36.2 Å². The predicted molar refractivity (Wildman–Crippen MR) is 65.6 cm³/mol. The molecule has 1 aliphatic carbocycles. The zero-order valence-corrected chi connectivity index (χ0v) is 10.4. The van der Waals surface area contributed by atoms with Crippen molar-refractivity contribution in [3.8, 4) is 0 Å². The van der Waals surface area contributed by atoms with Gasteiger partial charge in [0.25, 0.3) is 5.91 Å². The number of allylic oxidation sites excluding steroid dienone is 4. The number of hydrogen-bond donors (Lipinski definition) is 0. The van der Waals surface area contributed by atoms with Gasteiger partial charge in [0.1, 0.15) is 0 Å². The van der Waals surface area contributed by atoms with E-state index in [1.54, 1.807) is 4.90 Å². The minimum Gasteiger partial charge on any atom is -0.337 e. The first-order valence-corrected chi connectivity index (χ1v) is 6.62. The number of likely N-dealkylation sites (N-methyl/N-ethyl adjacent to an activating group) is 1. The van der Waals surface area contributed by atoms with Crippen molar-refractivity contribution in [2.45, 2.75) is 12.1 Å². The molecule has 1 heterocycles. The monoisotopic (exact) mass is 221 g/mol. The van der Waals surface area contributed by atoms with Crippen molar-refractivity contribution in [1.82, 2.24) is 4.90 Å². The van der Waals surface area contributed by atoms with E-state index in [1.807, 2.05) is 7.05 Å². The van der Waals surface area contributed by atoms with Gasteiger partial charge in [-0.2, -0.15) is 0 Å². The second-order valence-electron chi connectivity index (χ2n) is 4.30. The van der Waals surface area contributed by atoms with Crippen LogP contribution in [-0.2, 0) is 4.79 Å². The molecule has 2 aliphatic rings. The van der Waals surface area contributed by atoms with Crippen LogP contribution in [0.3, 0.4) is 0 Å². The second-order valence-corrected chi connectivity index (χ2v) is 5.88. The maximum Gasteiger partial charge on any atom is 0.253 e. The number of carbonyl (C=O) groups is 1. The lowest BCUT2D eigenvalue weighted by molar-refractivity contribution is -0.123. The van der Waals surface area contributed by atoms with Crippen LogP contribution in [0.2, 0.25) is 0 Å². The van der Waals surface area contributed by atoms with Gasteiger partial charge in [0, 0.05) is 24.3 Å². The van der Waals surface area contributed by atoms with Crippen LogP contribution in [0.15, 0.2) is 35.5 Å². The summed E-state index contributed by atoms with van der Waals surface area (Å²) in [7, 11) is 2.63. The van der Waals surface area contributed by atoms with E-state index in [-0.39, 0.29) is 11.1 Å². The van der Waals surface area contributed by atoms with E-state index in [2.05, 4.69) is 37.9 Å². The zero-order valence-electron chi connectivity index (χ0n) is 9.37. The second kappa shape index (κ2) is 3.61. The molecule has 1 aliphatic heterocycles. The molecule has 2 nitrogen and oxygen atoms in total. The molecule has 0 N–H and O–H groups in total. The zero-order chi connectivity index (χ0) is 11.1. The Bertz CT molecular complexity index is 394. The van der Waals surface area contributed by atoms with Crippen molar-refractivity contribution in [3.63, 3.8) is 0 Å². The number of rotatable bonds is 1. The minimum atomic E-state index is 0.0500. The van der Waals surface area contributed by atoms with Gasteiger partial charge < -0.3 is 4.90 Å². The molecular formula is C12H16NOP. The molecule has 2 unspecified atom stereocenters. The largest absolute Gasteiger partial charge is 0.337 e. The van der Waals surface area contributed by atoms with Gasteiger partial charge >= 0.3 is 0 Å². The third-order valence-electron chi connectivity index (χ3n) is 3.05. The van der Waals surface area contributed by atoms with Crippen LogP contribution >= 0.6 is 8.58 Å². The van der Waals surface area contributed by atoms with Crippen LogP contribution in [0.1, 0.15) is 6.92 Å². The average Bonchev–Trinajstić information content (AvgIpc) is 2.40. The number of amides is 1. The van der Waals surface area contributed by atoms with Crippen molar-refractivity contribution >= 4 is 14.5 Å². The van der Waals surface area contributed by atoms with Gasteiger partial charge in [0.05, 0.1) is 0 Å². The van der Waals surface area contributed by atoms with Crippen LogP contribution in [0.5, 0.6) is 0 Å². The lowest BCUT2D eigenvalue weighted by atomic mass is 10.0. The number of nitrogens with zero attached hydrogens (tertiary/aromatic N) is 1. The highest BCUT2D eigenvalue weighted by Crippen LogP contribution is 2.37. The molecule has 0 aromatic heterocycles. The van der Waals surface area contributed by atoms with Crippen LogP contribution in [0.4, 0.5) is 0 Å². The average molecular weight is 221 g/mol. The Morgan fingerprint density at radius 1 is 1.53 bits per heavy atom. The molecule has 15 heavy (non-hydrogen) atoms. The number of likely N-dealkylation sites (tertiary alicyclic amines) is 1. The standard InChI is InChI=1S/C12H16NOP/c1-12(15-3)6-4-5-9-8-13(2)11(14)10(9)7-12/h4-7,15H,8H2,1-3H3. The van der Waals surface area contributed by atoms with E-state index in [0.717, 1.165) is 26.3 Å². The molecule has 2 atom stereocenters. The molecule has 0 aromatic rings. The Kier molecular flexibility index (Phi) is 2.56. The molecule has 0 spiro atoms. The van der Waals surface area contributed by atoms with Gasteiger partial charge in [-0.1, -0.05) is 24.3 Å². The molecule has 1 fully saturated rings. The first kappa shape index (κ1) is 10.6. The molecule has 2 rings (SSSR count). The summed E-state index contributed by atoms with van der Waals surface area (Å²) in [5.41, 5.74) is 2.06. The SMILES string of the molecule is CPC1(C)C=CC=C2CN(C)C(=O)C2=C1. The summed E-state index contributed by atoms with van der Waals surface area (Å²) >= 11 is 0. The van der Waals surface area contributed by atoms with Gasteiger partial charge in [-0.15, -0.1) is 8.58 Å². The maximum atomic E-state index is 11.9. The third-order valence-corrected chi connectivity index (χ3v) is 4.44. The van der Waals surface area contributed by atoms with Crippen LogP contribution in [0, 0.1) is 0 Å². The quantitative estimate of drug-likeness (QED) is 0.620. The van der Waals surface area contributed by atoms with Crippen molar-refractivity contribution in [3.05, 3.63) is 35.5 Å². The highest BCUT2D eigenvalue weighted by atomic mass is 31.1. The van der Waals surface area contributed by atoms with Crippen LogP contribution < -0.4 is 0 Å². The number of carbonyl (C=O) groups excluding carboxylic acids is 1. The summed E-state index contributed by atoms with van der Waals surface area (Å²) in [6.45, 7) is 5.10. The van der Waals surface area contributed by atoms with Crippen LogP contribution in [0.25, 0.3) is 0 Å². The Labute approximate surface area is 92.5 Å². The molecule has 0 radical (unpaired) electrons. The molecule has 0 aromatic carbocycles. The molecule has 0 bridgehead atoms. The number of hydrogen-bond acceptors (Lipinski definition) is 1. The smallest absolute Gasteiger partial charge is 0.253 e.